The van der Waals surface area contributed by atoms with Gasteiger partial charge in [-0.3, -0.25) is 9.59 Å². The van der Waals surface area contributed by atoms with Gasteiger partial charge in [0.2, 0.25) is 0 Å². The first-order valence-corrected chi connectivity index (χ1v) is 11.8. The summed E-state index contributed by atoms with van der Waals surface area (Å²) in [4.78, 5) is 38.7. The zero-order chi connectivity index (χ0) is 22.5. The van der Waals surface area contributed by atoms with Gasteiger partial charge in [-0.15, -0.1) is 11.3 Å². The number of hydrogen-bond acceptors (Lipinski definition) is 5. The molecule has 2 N–H and O–H groups in total. The Morgan fingerprint density at radius 2 is 1.81 bits per heavy atom. The molecule has 0 unspecified atom stereocenters. The van der Waals surface area contributed by atoms with E-state index in [4.69, 9.17) is 27.9 Å². The van der Waals surface area contributed by atoms with Gasteiger partial charge in [0.25, 0.3) is 11.8 Å². The molecule has 6 nitrogen and oxygen atoms in total. The van der Waals surface area contributed by atoms with E-state index in [0.29, 0.717) is 15.5 Å². The second kappa shape index (κ2) is 10.5. The van der Waals surface area contributed by atoms with Crippen molar-refractivity contribution < 1.29 is 19.1 Å². The smallest absolute Gasteiger partial charge is 0.341 e. The van der Waals surface area contributed by atoms with Gasteiger partial charge in [-0.25, -0.2) is 4.79 Å². The Kier molecular flexibility index (Phi) is 7.97. The van der Waals surface area contributed by atoms with E-state index in [1.807, 2.05) is 0 Å². The maximum absolute atomic E-state index is 12.9. The molecule has 0 radical (unpaired) electrons. The minimum absolute atomic E-state index is 0.128. The van der Waals surface area contributed by atoms with Gasteiger partial charge >= 0.3 is 5.97 Å². The van der Waals surface area contributed by atoms with Crippen LogP contribution in [0.25, 0.3) is 0 Å². The molecule has 1 aliphatic carbocycles. The van der Waals surface area contributed by atoms with E-state index in [-0.39, 0.29) is 39.7 Å². The Hall–Kier alpha value is -2.09. The number of rotatable bonds is 6. The van der Waals surface area contributed by atoms with Crippen molar-refractivity contribution in [2.24, 2.45) is 0 Å². The van der Waals surface area contributed by atoms with Crippen LogP contribution in [0.15, 0.2) is 18.2 Å². The van der Waals surface area contributed by atoms with Crippen molar-refractivity contribution in [3.8, 4) is 0 Å². The van der Waals surface area contributed by atoms with Gasteiger partial charge in [-0.2, -0.15) is 0 Å². The zero-order valence-corrected chi connectivity index (χ0v) is 19.7. The Balaban J connectivity index is 1.89. The second-order valence-electron chi connectivity index (χ2n) is 7.37. The number of hydrogen-bond donors (Lipinski definition) is 2. The van der Waals surface area contributed by atoms with Crippen molar-refractivity contribution in [2.75, 3.05) is 11.9 Å². The number of carbonyl (C=O) groups excluding carboxylic acids is 3. The number of anilines is 1. The summed E-state index contributed by atoms with van der Waals surface area (Å²) in [6, 6.07) is 4.63. The first-order valence-electron chi connectivity index (χ1n) is 10.2. The third-order valence-electron chi connectivity index (χ3n) is 5.18. The van der Waals surface area contributed by atoms with Gasteiger partial charge in [0, 0.05) is 11.6 Å². The summed E-state index contributed by atoms with van der Waals surface area (Å²) in [5, 5.41) is 6.63. The maximum atomic E-state index is 12.9. The van der Waals surface area contributed by atoms with Gasteiger partial charge in [-0.1, -0.05) is 42.5 Å². The third-order valence-corrected chi connectivity index (χ3v) is 7.13. The highest BCUT2D eigenvalue weighted by Gasteiger charge is 2.28. The van der Waals surface area contributed by atoms with Gasteiger partial charge in [0.05, 0.1) is 27.1 Å². The molecule has 1 aliphatic rings. The van der Waals surface area contributed by atoms with Crippen LogP contribution in [0.1, 0.15) is 75.0 Å². The largest absolute Gasteiger partial charge is 0.462 e. The number of nitrogens with one attached hydrogen (secondary N) is 2. The lowest BCUT2D eigenvalue weighted by Gasteiger charge is -2.22. The average molecular weight is 483 g/mol. The van der Waals surface area contributed by atoms with Gasteiger partial charge in [0.1, 0.15) is 5.00 Å². The predicted octanol–water partition coefficient (Wildman–Crippen LogP) is 5.85. The highest BCUT2D eigenvalue weighted by Crippen LogP contribution is 2.35. The molecule has 9 heteroatoms. The number of benzene rings is 1. The van der Waals surface area contributed by atoms with Crippen LogP contribution in [0.5, 0.6) is 0 Å². The molecule has 0 atom stereocenters. The summed E-state index contributed by atoms with van der Waals surface area (Å²) in [5.74, 6) is -1.29. The van der Waals surface area contributed by atoms with Crippen LogP contribution in [-0.4, -0.2) is 30.4 Å². The Labute approximate surface area is 195 Å². The quantitative estimate of drug-likeness (QED) is 0.505. The summed E-state index contributed by atoms with van der Waals surface area (Å²) in [6.07, 6.45) is 5.26. The van der Waals surface area contributed by atoms with E-state index >= 15 is 0 Å². The second-order valence-corrected chi connectivity index (χ2v) is 9.21. The van der Waals surface area contributed by atoms with Crippen molar-refractivity contribution in [1.29, 1.82) is 0 Å². The fourth-order valence-corrected chi connectivity index (χ4v) is 4.97. The van der Waals surface area contributed by atoms with Crippen LogP contribution in [-0.2, 0) is 4.74 Å². The first-order chi connectivity index (χ1) is 14.8. The highest BCUT2D eigenvalue weighted by atomic mass is 35.5. The number of carbonyl (C=O) groups is 3. The number of esters is 1. The minimum Gasteiger partial charge on any atom is -0.462 e. The van der Waals surface area contributed by atoms with E-state index in [1.54, 1.807) is 13.8 Å². The van der Waals surface area contributed by atoms with Crippen molar-refractivity contribution in [1.82, 2.24) is 5.32 Å². The highest BCUT2D eigenvalue weighted by molar-refractivity contribution is 7.18. The SMILES string of the molecule is CCOC(=O)c1c(NC(=O)c2ccc(Cl)c(Cl)c2)sc(C(=O)NC2CCCCC2)c1C. The topological polar surface area (TPSA) is 84.5 Å². The molecule has 2 amide bonds. The minimum atomic E-state index is -0.586. The fourth-order valence-electron chi connectivity index (χ4n) is 3.58. The van der Waals surface area contributed by atoms with Gasteiger partial charge in [0.15, 0.2) is 0 Å². The van der Waals surface area contributed by atoms with Crippen LogP contribution in [0, 0.1) is 6.92 Å². The van der Waals surface area contributed by atoms with Crippen molar-refractivity contribution in [3.63, 3.8) is 0 Å². The van der Waals surface area contributed by atoms with Crippen LogP contribution in [0.3, 0.4) is 0 Å². The Bertz CT molecular complexity index is 1000. The maximum Gasteiger partial charge on any atom is 0.341 e. The van der Waals surface area contributed by atoms with E-state index in [0.717, 1.165) is 37.0 Å². The summed E-state index contributed by atoms with van der Waals surface area (Å²) in [7, 11) is 0. The molecule has 1 fully saturated rings. The van der Waals surface area contributed by atoms with Crippen molar-refractivity contribution >= 4 is 57.3 Å². The number of amides is 2. The molecular weight excluding hydrogens is 459 g/mol. The summed E-state index contributed by atoms with van der Waals surface area (Å²) < 4.78 is 5.16. The molecule has 1 heterocycles. The molecule has 166 valence electrons. The van der Waals surface area contributed by atoms with Gasteiger partial charge < -0.3 is 15.4 Å². The van der Waals surface area contributed by atoms with E-state index in [1.165, 1.54) is 24.6 Å². The zero-order valence-electron chi connectivity index (χ0n) is 17.3. The predicted molar refractivity (Wildman–Crippen MR) is 124 cm³/mol. The van der Waals surface area contributed by atoms with Crippen LogP contribution < -0.4 is 10.6 Å². The van der Waals surface area contributed by atoms with Crippen LogP contribution >= 0.6 is 34.5 Å². The fraction of sp³-hybridized carbons (Fsp3) is 0.409. The molecule has 0 bridgehead atoms. The summed E-state index contributed by atoms with van der Waals surface area (Å²) >= 11 is 13.0. The first kappa shape index (κ1) is 23.6. The Morgan fingerprint density at radius 3 is 2.45 bits per heavy atom. The lowest BCUT2D eigenvalue weighted by Crippen LogP contribution is -2.36. The lowest BCUT2D eigenvalue weighted by molar-refractivity contribution is 0.0527. The van der Waals surface area contributed by atoms with Crippen molar-refractivity contribution in [2.45, 2.75) is 52.0 Å². The normalized spacial score (nSPS) is 14.2. The third kappa shape index (κ3) is 5.59. The van der Waals surface area contributed by atoms with E-state index < -0.39 is 11.9 Å². The molecule has 3 rings (SSSR count). The molecule has 1 saturated carbocycles. The molecule has 2 aromatic rings. The van der Waals surface area contributed by atoms with Crippen LogP contribution in [0.4, 0.5) is 5.00 Å². The van der Waals surface area contributed by atoms with Gasteiger partial charge in [-0.05, 0) is 50.5 Å². The lowest BCUT2D eigenvalue weighted by atomic mass is 9.95. The average Bonchev–Trinajstić information content (AvgIpc) is 3.06. The monoisotopic (exact) mass is 482 g/mol. The molecule has 0 aliphatic heterocycles. The molecule has 0 saturated heterocycles. The molecule has 31 heavy (non-hydrogen) atoms. The van der Waals surface area contributed by atoms with E-state index in [2.05, 4.69) is 10.6 Å². The summed E-state index contributed by atoms with van der Waals surface area (Å²) in [6.45, 7) is 3.56. The number of halogens is 2. The van der Waals surface area contributed by atoms with Crippen LogP contribution in [0.2, 0.25) is 10.0 Å². The number of thiophene rings is 1. The standard InChI is InChI=1S/C22H24Cl2N2O4S/c1-3-30-22(29)17-12(2)18(20(28)25-14-7-5-4-6-8-14)31-21(17)26-19(27)13-9-10-15(23)16(24)11-13/h9-11,14H,3-8H2,1-2H3,(H,25,28)(H,26,27). The van der Waals surface area contributed by atoms with E-state index in [9.17, 15) is 14.4 Å². The molecule has 1 aromatic heterocycles. The Morgan fingerprint density at radius 1 is 1.10 bits per heavy atom. The molecule has 1 aromatic carbocycles. The van der Waals surface area contributed by atoms with Crippen molar-refractivity contribution in [3.05, 3.63) is 49.8 Å². The molecule has 0 spiro atoms. The number of ether oxygens (including phenoxy) is 1. The molecular formula is C22H24Cl2N2O4S. The summed E-state index contributed by atoms with van der Waals surface area (Å²) in [5.41, 5.74) is 0.957.